The highest BCUT2D eigenvalue weighted by molar-refractivity contribution is 7.47. The number of phosphoric acid groups is 1. The number of carbonyl (C=O) groups is 1. The predicted octanol–water partition coefficient (Wildman–Crippen LogP) is 5.02. The predicted molar refractivity (Wildman–Crippen MR) is 206 cm³/mol. The van der Waals surface area contributed by atoms with Gasteiger partial charge in [0.05, 0.1) is 31.3 Å². The van der Waals surface area contributed by atoms with Crippen LogP contribution >= 0.6 is 7.82 Å². The fraction of sp³-hybridized carbons (Fsp3) is 0.821. The van der Waals surface area contributed by atoms with Crippen LogP contribution in [0.5, 0.6) is 0 Å². The minimum Gasteiger partial charge on any atom is -0.393 e. The van der Waals surface area contributed by atoms with E-state index in [0.29, 0.717) is 19.3 Å². The van der Waals surface area contributed by atoms with Crippen LogP contribution in [-0.4, -0.2) is 108 Å². The van der Waals surface area contributed by atoms with Gasteiger partial charge in [-0.1, -0.05) is 133 Å². The first-order valence-corrected chi connectivity index (χ1v) is 21.5. The third kappa shape index (κ3) is 22.6. The number of hydrogen-bond acceptors (Lipinski definition) is 11. The van der Waals surface area contributed by atoms with Gasteiger partial charge in [0.1, 0.15) is 36.6 Å². The summed E-state index contributed by atoms with van der Waals surface area (Å²) in [6.45, 7) is 3.44. The van der Waals surface area contributed by atoms with Crippen LogP contribution in [0, 0.1) is 0 Å². The van der Waals surface area contributed by atoms with Crippen molar-refractivity contribution in [2.24, 2.45) is 0 Å². The number of phosphoric ester groups is 1. The molecule has 310 valence electrons. The Kier molecular flexibility index (Phi) is 27.8. The molecule has 53 heavy (non-hydrogen) atoms. The highest BCUT2D eigenvalue weighted by Crippen LogP contribution is 2.47. The van der Waals surface area contributed by atoms with E-state index >= 15 is 0 Å². The van der Waals surface area contributed by atoms with Crippen LogP contribution < -0.4 is 5.32 Å². The molecule has 13 nitrogen and oxygen atoms in total. The molecule has 0 saturated heterocycles. The van der Waals surface area contributed by atoms with E-state index in [4.69, 9.17) is 9.05 Å². The van der Waals surface area contributed by atoms with Gasteiger partial charge in [-0.05, 0) is 39.0 Å². The Morgan fingerprint density at radius 2 is 1.15 bits per heavy atom. The summed E-state index contributed by atoms with van der Waals surface area (Å²) < 4.78 is 22.7. The summed E-state index contributed by atoms with van der Waals surface area (Å²) in [6, 6.07) is -1.26. The lowest BCUT2D eigenvalue weighted by Gasteiger charge is -2.41. The Balaban J connectivity index is 2.60. The van der Waals surface area contributed by atoms with E-state index in [1.807, 2.05) is 19.1 Å². The van der Waals surface area contributed by atoms with Crippen molar-refractivity contribution < 1.29 is 59.0 Å². The number of unbranched alkanes of at least 4 members (excludes halogenated alkanes) is 15. The molecule has 0 radical (unpaired) electrons. The Labute approximate surface area is 317 Å². The summed E-state index contributed by atoms with van der Waals surface area (Å²) in [5, 5.41) is 73.9. The Morgan fingerprint density at radius 3 is 1.66 bits per heavy atom. The molecule has 0 aliphatic heterocycles. The molecule has 9 N–H and O–H groups in total. The number of rotatable bonds is 31. The topological polar surface area (TPSA) is 226 Å². The molecule has 8 atom stereocenters. The molecule has 8 unspecified atom stereocenters. The summed E-state index contributed by atoms with van der Waals surface area (Å²) in [5.74, 6) is -0.611. The lowest BCUT2D eigenvalue weighted by molar-refractivity contribution is -0.220. The zero-order valence-corrected chi connectivity index (χ0v) is 33.1. The van der Waals surface area contributed by atoms with Crippen molar-refractivity contribution >= 4 is 13.7 Å². The summed E-state index contributed by atoms with van der Waals surface area (Å²) in [7, 11) is -5.14. The monoisotopic (exact) mass is 777 g/mol. The van der Waals surface area contributed by atoms with E-state index in [2.05, 4.69) is 24.4 Å². The van der Waals surface area contributed by atoms with E-state index in [-0.39, 0.29) is 6.42 Å². The third-order valence-electron chi connectivity index (χ3n) is 9.55. The molecule has 1 fully saturated rings. The fourth-order valence-electron chi connectivity index (χ4n) is 6.22. The molecular formula is C39H72NO12P. The molecule has 1 rings (SSSR count). The number of amides is 1. The van der Waals surface area contributed by atoms with Gasteiger partial charge in [-0.15, -0.1) is 0 Å². The Hall–Kier alpha value is -1.48. The molecule has 0 aromatic rings. The quantitative estimate of drug-likeness (QED) is 0.0257. The first-order chi connectivity index (χ1) is 25.3. The summed E-state index contributed by atoms with van der Waals surface area (Å²) in [6.07, 6.45) is 17.2. The van der Waals surface area contributed by atoms with Gasteiger partial charge in [0.15, 0.2) is 0 Å². The molecule has 0 heterocycles. The van der Waals surface area contributed by atoms with Crippen LogP contribution in [0.4, 0.5) is 0 Å². The molecule has 1 amide bonds. The lowest BCUT2D eigenvalue weighted by atomic mass is 9.85. The van der Waals surface area contributed by atoms with E-state index in [1.165, 1.54) is 70.3 Å². The maximum Gasteiger partial charge on any atom is 0.472 e. The number of nitrogens with one attached hydrogen (secondary N) is 1. The number of carbonyl (C=O) groups excluding carboxylic acids is 1. The average molecular weight is 778 g/mol. The SMILES string of the molecule is C/C=C/CC/C=C/CC/C=C/C(O)C(COP(=O)(O)OC1C(O)C(O)C(O)C(O)C1O)NC(=O)CC(O)CCCCCCCCCCCCCCCC. The molecule has 0 spiro atoms. The van der Waals surface area contributed by atoms with Crippen molar-refractivity contribution in [3.63, 3.8) is 0 Å². The molecule has 1 saturated carbocycles. The van der Waals surface area contributed by atoms with Crippen LogP contribution in [0.3, 0.4) is 0 Å². The van der Waals surface area contributed by atoms with Crippen LogP contribution in [0.1, 0.15) is 142 Å². The van der Waals surface area contributed by atoms with Gasteiger partial charge in [0.25, 0.3) is 0 Å². The molecule has 1 aliphatic carbocycles. The average Bonchev–Trinajstić information content (AvgIpc) is 3.12. The molecule has 1 aliphatic rings. The third-order valence-corrected chi connectivity index (χ3v) is 10.5. The first-order valence-electron chi connectivity index (χ1n) is 20.0. The zero-order valence-electron chi connectivity index (χ0n) is 32.2. The molecule has 0 aromatic carbocycles. The fourth-order valence-corrected chi connectivity index (χ4v) is 7.19. The van der Waals surface area contributed by atoms with Gasteiger partial charge >= 0.3 is 7.82 Å². The van der Waals surface area contributed by atoms with Crippen molar-refractivity contribution in [2.75, 3.05) is 6.61 Å². The second-order valence-corrected chi connectivity index (χ2v) is 15.7. The van der Waals surface area contributed by atoms with Crippen LogP contribution in [-0.2, 0) is 18.4 Å². The molecule has 0 aromatic heterocycles. The van der Waals surface area contributed by atoms with Crippen LogP contribution in [0.25, 0.3) is 0 Å². The number of allylic oxidation sites excluding steroid dienone is 5. The summed E-state index contributed by atoms with van der Waals surface area (Å²) in [5.41, 5.74) is 0. The minimum absolute atomic E-state index is 0.255. The van der Waals surface area contributed by atoms with E-state index in [9.17, 15) is 50.0 Å². The van der Waals surface area contributed by atoms with E-state index < -0.39 is 75.2 Å². The molecule has 14 heteroatoms. The van der Waals surface area contributed by atoms with Crippen molar-refractivity contribution in [1.29, 1.82) is 0 Å². The number of hydrogen-bond donors (Lipinski definition) is 9. The zero-order chi connectivity index (χ0) is 39.5. The van der Waals surface area contributed by atoms with Gasteiger partial charge < -0.3 is 46.0 Å². The van der Waals surface area contributed by atoms with E-state index in [0.717, 1.165) is 38.5 Å². The Morgan fingerprint density at radius 1 is 0.698 bits per heavy atom. The normalized spacial score (nSPS) is 25.2. The highest BCUT2D eigenvalue weighted by Gasteiger charge is 2.51. The van der Waals surface area contributed by atoms with Gasteiger partial charge in [-0.25, -0.2) is 4.57 Å². The maximum atomic E-state index is 12.9. The minimum atomic E-state index is -5.14. The number of aliphatic hydroxyl groups is 7. The Bertz CT molecular complexity index is 1060. The smallest absolute Gasteiger partial charge is 0.393 e. The highest BCUT2D eigenvalue weighted by atomic mass is 31.2. The molecular weight excluding hydrogens is 705 g/mol. The summed E-state index contributed by atoms with van der Waals surface area (Å²) >= 11 is 0. The second kappa shape index (κ2) is 29.8. The van der Waals surface area contributed by atoms with Gasteiger partial charge in [-0.3, -0.25) is 13.8 Å². The summed E-state index contributed by atoms with van der Waals surface area (Å²) in [4.78, 5) is 23.2. The largest absolute Gasteiger partial charge is 0.472 e. The second-order valence-electron chi connectivity index (χ2n) is 14.3. The van der Waals surface area contributed by atoms with Gasteiger partial charge in [0, 0.05) is 0 Å². The van der Waals surface area contributed by atoms with Gasteiger partial charge in [-0.2, -0.15) is 0 Å². The van der Waals surface area contributed by atoms with Crippen molar-refractivity contribution in [2.45, 2.75) is 197 Å². The van der Waals surface area contributed by atoms with Crippen molar-refractivity contribution in [1.82, 2.24) is 5.32 Å². The molecule has 0 bridgehead atoms. The lowest BCUT2D eigenvalue weighted by Crippen LogP contribution is -2.64. The number of aliphatic hydroxyl groups excluding tert-OH is 7. The maximum absolute atomic E-state index is 12.9. The first kappa shape index (κ1) is 49.5. The van der Waals surface area contributed by atoms with E-state index in [1.54, 1.807) is 6.08 Å². The van der Waals surface area contributed by atoms with Crippen LogP contribution in [0.15, 0.2) is 36.5 Å². The van der Waals surface area contributed by atoms with Crippen molar-refractivity contribution in [3.8, 4) is 0 Å². The standard InChI is InChI=1S/C39H72NO12P/c1-3-5-7-9-11-13-14-15-16-17-19-20-22-24-26-30(41)28-33(43)40-31(32(42)27-25-23-21-18-12-10-8-6-4-2)29-51-53(49,50)52-39-37(47)35(45)34(44)36(46)38(39)48/h4,6,12,18,25,27,30-32,34-39,41-42,44-48H,3,5,7-11,13-17,19-24,26,28-29H2,1-2H3,(H,40,43)(H,49,50)/b6-4+,18-12+,27-25+. The van der Waals surface area contributed by atoms with Crippen molar-refractivity contribution in [3.05, 3.63) is 36.5 Å². The van der Waals surface area contributed by atoms with Gasteiger partial charge in [0.2, 0.25) is 5.91 Å². The van der Waals surface area contributed by atoms with Crippen LogP contribution in [0.2, 0.25) is 0 Å².